The average Bonchev–Trinajstić information content (AvgIpc) is 3.35. The number of carbonyl (C=O) groups excluding carboxylic acids is 3. The molecule has 1 fully saturated rings. The second-order valence-electron chi connectivity index (χ2n) is 7.77. The zero-order valence-corrected chi connectivity index (χ0v) is 18.1. The standard InChI is InChI=1S/C22H27N3O4S/c1-15(2)11-18(16-7-4-3-5-8-16)24-19(26)13-29-21(28)12-17-14-30-22(23-17)25-10-6-9-20(25)27/h3-5,7-8,14-15,18H,6,9-13H2,1-2H3,(H,24,26). The van der Waals surface area contributed by atoms with Crippen LogP contribution in [0.4, 0.5) is 5.13 Å². The van der Waals surface area contributed by atoms with E-state index < -0.39 is 5.97 Å². The number of thiazole rings is 1. The van der Waals surface area contributed by atoms with E-state index in [0.29, 0.717) is 29.7 Å². The molecule has 2 aromatic rings. The highest BCUT2D eigenvalue weighted by atomic mass is 32.1. The highest BCUT2D eigenvalue weighted by Crippen LogP contribution is 2.25. The Morgan fingerprint density at radius 3 is 2.70 bits per heavy atom. The maximum atomic E-state index is 12.3. The van der Waals surface area contributed by atoms with Gasteiger partial charge in [0.05, 0.1) is 18.2 Å². The van der Waals surface area contributed by atoms with Gasteiger partial charge in [-0.15, -0.1) is 11.3 Å². The van der Waals surface area contributed by atoms with E-state index in [4.69, 9.17) is 4.74 Å². The molecule has 1 aromatic heterocycles. The number of amides is 2. The number of carbonyl (C=O) groups is 3. The van der Waals surface area contributed by atoms with Crippen LogP contribution in [0.3, 0.4) is 0 Å². The number of anilines is 1. The van der Waals surface area contributed by atoms with E-state index in [1.54, 1.807) is 10.3 Å². The topological polar surface area (TPSA) is 88.6 Å². The van der Waals surface area contributed by atoms with Crippen LogP contribution in [-0.4, -0.2) is 35.9 Å². The molecule has 30 heavy (non-hydrogen) atoms. The van der Waals surface area contributed by atoms with E-state index in [-0.39, 0.29) is 30.9 Å². The number of esters is 1. The van der Waals surface area contributed by atoms with Crippen LogP contribution in [0.25, 0.3) is 0 Å². The van der Waals surface area contributed by atoms with Crippen molar-refractivity contribution in [2.45, 2.75) is 45.6 Å². The Morgan fingerprint density at radius 2 is 2.03 bits per heavy atom. The van der Waals surface area contributed by atoms with E-state index in [0.717, 1.165) is 18.4 Å². The Morgan fingerprint density at radius 1 is 1.27 bits per heavy atom. The minimum Gasteiger partial charge on any atom is -0.455 e. The summed E-state index contributed by atoms with van der Waals surface area (Å²) in [6, 6.07) is 9.63. The van der Waals surface area contributed by atoms with Gasteiger partial charge in [0.2, 0.25) is 5.91 Å². The second kappa shape index (κ2) is 10.3. The monoisotopic (exact) mass is 429 g/mol. The molecule has 7 nitrogen and oxygen atoms in total. The predicted molar refractivity (Wildman–Crippen MR) is 115 cm³/mol. The maximum Gasteiger partial charge on any atom is 0.312 e. The third kappa shape index (κ3) is 6.13. The number of nitrogens with one attached hydrogen (secondary N) is 1. The number of hydrogen-bond donors (Lipinski definition) is 1. The first-order valence-corrected chi connectivity index (χ1v) is 11.0. The van der Waals surface area contributed by atoms with Gasteiger partial charge in [0.15, 0.2) is 11.7 Å². The Balaban J connectivity index is 1.48. The van der Waals surface area contributed by atoms with Gasteiger partial charge in [-0.05, 0) is 24.3 Å². The van der Waals surface area contributed by atoms with E-state index in [2.05, 4.69) is 24.1 Å². The van der Waals surface area contributed by atoms with Crippen molar-refractivity contribution in [2.24, 2.45) is 5.92 Å². The molecule has 8 heteroatoms. The summed E-state index contributed by atoms with van der Waals surface area (Å²) >= 11 is 1.34. The molecule has 2 heterocycles. The molecule has 0 bridgehead atoms. The van der Waals surface area contributed by atoms with Crippen LogP contribution >= 0.6 is 11.3 Å². The molecule has 1 saturated heterocycles. The van der Waals surface area contributed by atoms with Crippen molar-refractivity contribution in [3.8, 4) is 0 Å². The molecule has 1 aliphatic heterocycles. The summed E-state index contributed by atoms with van der Waals surface area (Å²) in [5, 5.41) is 5.31. The van der Waals surface area contributed by atoms with Crippen molar-refractivity contribution >= 4 is 34.3 Å². The number of benzene rings is 1. The van der Waals surface area contributed by atoms with Gasteiger partial charge in [0.25, 0.3) is 5.91 Å². The largest absolute Gasteiger partial charge is 0.455 e. The minimum absolute atomic E-state index is 0.0279. The van der Waals surface area contributed by atoms with Crippen LogP contribution in [0.2, 0.25) is 0 Å². The fourth-order valence-electron chi connectivity index (χ4n) is 3.37. The van der Waals surface area contributed by atoms with E-state index >= 15 is 0 Å². The first kappa shape index (κ1) is 22.0. The molecule has 1 aliphatic rings. The molecule has 1 aromatic carbocycles. The lowest BCUT2D eigenvalue weighted by molar-refractivity contribution is -0.148. The Bertz CT molecular complexity index is 882. The van der Waals surface area contributed by atoms with Gasteiger partial charge >= 0.3 is 5.97 Å². The fourth-order valence-corrected chi connectivity index (χ4v) is 4.24. The summed E-state index contributed by atoms with van der Waals surface area (Å²) in [4.78, 5) is 42.3. The lowest BCUT2D eigenvalue weighted by Gasteiger charge is -2.21. The highest BCUT2D eigenvalue weighted by molar-refractivity contribution is 7.14. The van der Waals surface area contributed by atoms with Gasteiger partial charge in [-0.25, -0.2) is 4.98 Å². The Labute approximate surface area is 180 Å². The summed E-state index contributed by atoms with van der Waals surface area (Å²) < 4.78 is 5.14. The molecule has 0 aliphatic carbocycles. The third-order valence-corrected chi connectivity index (χ3v) is 5.69. The highest BCUT2D eigenvalue weighted by Gasteiger charge is 2.24. The lowest BCUT2D eigenvalue weighted by atomic mass is 9.97. The molecular weight excluding hydrogens is 402 g/mol. The van der Waals surface area contributed by atoms with Gasteiger partial charge in [0.1, 0.15) is 0 Å². The van der Waals surface area contributed by atoms with Gasteiger partial charge in [-0.3, -0.25) is 19.3 Å². The van der Waals surface area contributed by atoms with Crippen molar-refractivity contribution < 1.29 is 19.1 Å². The van der Waals surface area contributed by atoms with Crippen molar-refractivity contribution in [1.29, 1.82) is 0 Å². The molecule has 1 unspecified atom stereocenters. The second-order valence-corrected chi connectivity index (χ2v) is 8.60. The van der Waals surface area contributed by atoms with Crippen molar-refractivity contribution in [1.82, 2.24) is 10.3 Å². The quantitative estimate of drug-likeness (QED) is 0.618. The van der Waals surface area contributed by atoms with E-state index in [1.165, 1.54) is 11.3 Å². The SMILES string of the molecule is CC(C)CC(NC(=O)COC(=O)Cc1csc(N2CCCC2=O)n1)c1ccccc1. The van der Waals surface area contributed by atoms with Crippen molar-refractivity contribution in [2.75, 3.05) is 18.1 Å². The fraction of sp³-hybridized carbons (Fsp3) is 0.455. The summed E-state index contributed by atoms with van der Waals surface area (Å²) in [7, 11) is 0. The number of rotatable bonds is 9. The summed E-state index contributed by atoms with van der Waals surface area (Å²) in [5.41, 5.74) is 1.57. The van der Waals surface area contributed by atoms with Gasteiger partial charge in [-0.2, -0.15) is 0 Å². The van der Waals surface area contributed by atoms with Gasteiger partial charge in [0, 0.05) is 18.3 Å². The minimum atomic E-state index is -0.519. The van der Waals surface area contributed by atoms with Crippen LogP contribution in [0.1, 0.15) is 50.4 Å². The van der Waals surface area contributed by atoms with E-state index in [9.17, 15) is 14.4 Å². The molecule has 1 atom stereocenters. The molecule has 3 rings (SSSR count). The first-order chi connectivity index (χ1) is 14.4. The van der Waals surface area contributed by atoms with Crippen molar-refractivity contribution in [3.05, 3.63) is 47.0 Å². The third-order valence-electron chi connectivity index (χ3n) is 4.78. The molecule has 160 valence electrons. The van der Waals surface area contributed by atoms with Crippen LogP contribution < -0.4 is 10.2 Å². The van der Waals surface area contributed by atoms with E-state index in [1.807, 2.05) is 30.3 Å². The van der Waals surface area contributed by atoms with Crippen LogP contribution in [0.5, 0.6) is 0 Å². The average molecular weight is 430 g/mol. The number of aromatic nitrogens is 1. The normalized spacial score (nSPS) is 14.8. The molecule has 1 N–H and O–H groups in total. The number of hydrogen-bond acceptors (Lipinski definition) is 6. The van der Waals surface area contributed by atoms with Gasteiger partial charge < -0.3 is 10.1 Å². The summed E-state index contributed by atoms with van der Waals surface area (Å²) in [5.74, 6) is -0.390. The molecule has 0 spiro atoms. The van der Waals surface area contributed by atoms with Crippen molar-refractivity contribution in [3.63, 3.8) is 0 Å². The smallest absolute Gasteiger partial charge is 0.312 e. The maximum absolute atomic E-state index is 12.3. The predicted octanol–water partition coefficient (Wildman–Crippen LogP) is 3.26. The Hall–Kier alpha value is -2.74. The van der Waals surface area contributed by atoms with Crippen LogP contribution in [0, 0.1) is 5.92 Å². The first-order valence-electron chi connectivity index (χ1n) is 10.2. The zero-order chi connectivity index (χ0) is 21.5. The Kier molecular flexibility index (Phi) is 7.57. The van der Waals surface area contributed by atoms with Crippen LogP contribution in [-0.2, 0) is 25.5 Å². The lowest BCUT2D eigenvalue weighted by Crippen LogP contribution is -2.33. The zero-order valence-electron chi connectivity index (χ0n) is 17.3. The molecule has 0 radical (unpaired) electrons. The summed E-state index contributed by atoms with van der Waals surface area (Å²) in [6.45, 7) is 4.52. The van der Waals surface area contributed by atoms with Gasteiger partial charge in [-0.1, -0.05) is 44.2 Å². The summed E-state index contributed by atoms with van der Waals surface area (Å²) in [6.07, 6.45) is 2.12. The number of nitrogens with zero attached hydrogens (tertiary/aromatic N) is 2. The molecule has 2 amide bonds. The molecule has 0 saturated carbocycles. The van der Waals surface area contributed by atoms with Crippen LogP contribution in [0.15, 0.2) is 35.7 Å². The number of ether oxygens (including phenoxy) is 1. The molecular formula is C22H27N3O4S.